The van der Waals surface area contributed by atoms with Crippen molar-refractivity contribution in [1.82, 2.24) is 9.55 Å². The lowest BCUT2D eigenvalue weighted by atomic mass is 10.2. The van der Waals surface area contributed by atoms with E-state index in [9.17, 15) is 4.79 Å². The van der Waals surface area contributed by atoms with E-state index >= 15 is 0 Å². The molecule has 0 aliphatic carbocycles. The maximum Gasteiger partial charge on any atom is 0.247 e. The van der Waals surface area contributed by atoms with Crippen LogP contribution < -0.4 is 5.32 Å². The van der Waals surface area contributed by atoms with Crippen molar-refractivity contribution in [3.8, 4) is 0 Å². The number of aromatic nitrogens is 2. The van der Waals surface area contributed by atoms with E-state index in [2.05, 4.69) is 10.3 Å². The number of rotatable bonds is 3. The van der Waals surface area contributed by atoms with E-state index in [4.69, 9.17) is 0 Å². The summed E-state index contributed by atoms with van der Waals surface area (Å²) in [4.78, 5) is 16.3. The average molecular weight is 243 g/mol. The molecule has 0 aliphatic heterocycles. The Kier molecular flexibility index (Phi) is 3.46. The minimum absolute atomic E-state index is 0.0401. The van der Waals surface area contributed by atoms with Gasteiger partial charge in [-0.2, -0.15) is 0 Å². The van der Waals surface area contributed by atoms with Crippen molar-refractivity contribution in [2.45, 2.75) is 26.8 Å². The molecule has 1 heterocycles. The summed E-state index contributed by atoms with van der Waals surface area (Å²) in [5.41, 5.74) is 2.78. The molecule has 94 valence electrons. The minimum Gasteiger partial charge on any atom is -0.324 e. The van der Waals surface area contributed by atoms with Gasteiger partial charge >= 0.3 is 0 Å². The largest absolute Gasteiger partial charge is 0.324 e. The Hall–Kier alpha value is -2.10. The van der Waals surface area contributed by atoms with Crippen molar-refractivity contribution < 1.29 is 4.79 Å². The van der Waals surface area contributed by atoms with Crippen LogP contribution in [0, 0.1) is 13.8 Å². The second-order valence-corrected chi connectivity index (χ2v) is 4.35. The maximum absolute atomic E-state index is 12.1. The first-order valence-corrected chi connectivity index (χ1v) is 5.95. The van der Waals surface area contributed by atoms with Gasteiger partial charge < -0.3 is 9.88 Å². The summed E-state index contributed by atoms with van der Waals surface area (Å²) in [6.45, 7) is 5.77. The summed E-state index contributed by atoms with van der Waals surface area (Å²) < 4.78 is 1.88. The molecule has 1 unspecified atom stereocenters. The molecule has 4 nitrogen and oxygen atoms in total. The summed E-state index contributed by atoms with van der Waals surface area (Å²) in [6.07, 6.45) is 1.71. The van der Waals surface area contributed by atoms with Crippen LogP contribution in [0.5, 0.6) is 0 Å². The number of carbonyl (C=O) groups excluding carboxylic acids is 1. The van der Waals surface area contributed by atoms with Crippen LogP contribution in [-0.2, 0) is 4.79 Å². The van der Waals surface area contributed by atoms with Gasteiger partial charge in [0.15, 0.2) is 0 Å². The number of hydrogen-bond donors (Lipinski definition) is 1. The SMILES string of the molecule is Cc1ncn(C(C)C(=O)Nc2ccccc2)c1C. The van der Waals surface area contributed by atoms with Gasteiger partial charge in [0.25, 0.3) is 0 Å². The van der Waals surface area contributed by atoms with Gasteiger partial charge in [-0.25, -0.2) is 4.98 Å². The summed E-state index contributed by atoms with van der Waals surface area (Å²) in [6, 6.07) is 9.18. The molecule has 1 atom stereocenters. The van der Waals surface area contributed by atoms with Gasteiger partial charge in [0.05, 0.1) is 12.0 Å². The van der Waals surface area contributed by atoms with Crippen molar-refractivity contribution in [3.63, 3.8) is 0 Å². The third-order valence-electron chi connectivity index (χ3n) is 3.12. The lowest BCUT2D eigenvalue weighted by molar-refractivity contribution is -0.118. The molecule has 2 aromatic rings. The molecule has 2 rings (SSSR count). The van der Waals surface area contributed by atoms with Crippen molar-refractivity contribution in [2.75, 3.05) is 5.32 Å². The highest BCUT2D eigenvalue weighted by atomic mass is 16.2. The fourth-order valence-electron chi connectivity index (χ4n) is 1.80. The van der Waals surface area contributed by atoms with Crippen LogP contribution in [0.2, 0.25) is 0 Å². The zero-order chi connectivity index (χ0) is 13.1. The van der Waals surface area contributed by atoms with Crippen LogP contribution in [0.4, 0.5) is 5.69 Å². The first kappa shape index (κ1) is 12.4. The fraction of sp³-hybridized carbons (Fsp3) is 0.286. The second kappa shape index (κ2) is 5.04. The molecule has 0 saturated carbocycles. The number of para-hydroxylation sites is 1. The van der Waals surface area contributed by atoms with Crippen molar-refractivity contribution >= 4 is 11.6 Å². The Morgan fingerprint density at radius 3 is 2.50 bits per heavy atom. The molecule has 1 aromatic heterocycles. The third-order valence-corrected chi connectivity index (χ3v) is 3.12. The van der Waals surface area contributed by atoms with Crippen molar-refractivity contribution in [3.05, 3.63) is 48.0 Å². The molecule has 0 aliphatic rings. The highest BCUT2D eigenvalue weighted by molar-refractivity contribution is 5.93. The Bertz CT molecular complexity index is 545. The smallest absolute Gasteiger partial charge is 0.247 e. The lowest BCUT2D eigenvalue weighted by Crippen LogP contribution is -2.23. The number of carbonyl (C=O) groups is 1. The molecule has 18 heavy (non-hydrogen) atoms. The number of benzene rings is 1. The van der Waals surface area contributed by atoms with Crippen LogP contribution >= 0.6 is 0 Å². The Balaban J connectivity index is 2.12. The fourth-order valence-corrected chi connectivity index (χ4v) is 1.80. The van der Waals surface area contributed by atoms with E-state index in [-0.39, 0.29) is 11.9 Å². The molecule has 1 amide bonds. The highest BCUT2D eigenvalue weighted by Gasteiger charge is 2.17. The summed E-state index contributed by atoms with van der Waals surface area (Å²) in [5.74, 6) is -0.0401. The number of amides is 1. The van der Waals surface area contributed by atoms with E-state index in [1.165, 1.54) is 0 Å². The Morgan fingerprint density at radius 1 is 1.28 bits per heavy atom. The summed E-state index contributed by atoms with van der Waals surface area (Å²) >= 11 is 0. The van der Waals surface area contributed by atoms with E-state index in [1.807, 2.05) is 55.7 Å². The predicted molar refractivity (Wildman–Crippen MR) is 71.5 cm³/mol. The maximum atomic E-state index is 12.1. The minimum atomic E-state index is -0.272. The van der Waals surface area contributed by atoms with Gasteiger partial charge in [-0.1, -0.05) is 18.2 Å². The molecule has 0 saturated heterocycles. The van der Waals surface area contributed by atoms with Gasteiger partial charge in [-0.3, -0.25) is 4.79 Å². The standard InChI is InChI=1S/C14H17N3O/c1-10-11(2)17(9-15-10)12(3)14(18)16-13-7-5-4-6-8-13/h4-9,12H,1-3H3,(H,16,18). The normalized spacial score (nSPS) is 12.2. The van der Waals surface area contributed by atoms with Gasteiger partial charge in [0.2, 0.25) is 5.91 Å². The van der Waals surface area contributed by atoms with E-state index in [0.29, 0.717) is 0 Å². The molecule has 0 fully saturated rings. The average Bonchev–Trinajstić information content (AvgIpc) is 2.70. The van der Waals surface area contributed by atoms with Gasteiger partial charge in [-0.05, 0) is 32.9 Å². The van der Waals surface area contributed by atoms with Crippen LogP contribution in [0.3, 0.4) is 0 Å². The quantitative estimate of drug-likeness (QED) is 0.901. The second-order valence-electron chi connectivity index (χ2n) is 4.35. The topological polar surface area (TPSA) is 46.9 Å². The number of nitrogens with zero attached hydrogens (tertiary/aromatic N) is 2. The van der Waals surface area contributed by atoms with Gasteiger partial charge in [0.1, 0.15) is 6.04 Å². The van der Waals surface area contributed by atoms with E-state index in [1.54, 1.807) is 6.33 Å². The Morgan fingerprint density at radius 2 is 1.94 bits per heavy atom. The zero-order valence-corrected chi connectivity index (χ0v) is 10.8. The molecular weight excluding hydrogens is 226 g/mol. The molecule has 0 radical (unpaired) electrons. The number of hydrogen-bond acceptors (Lipinski definition) is 2. The van der Waals surface area contributed by atoms with E-state index < -0.39 is 0 Å². The molecule has 1 aromatic carbocycles. The predicted octanol–water partition coefficient (Wildman–Crippen LogP) is 2.70. The van der Waals surface area contributed by atoms with Crippen molar-refractivity contribution in [1.29, 1.82) is 0 Å². The first-order valence-electron chi connectivity index (χ1n) is 5.95. The molecule has 1 N–H and O–H groups in total. The highest BCUT2D eigenvalue weighted by Crippen LogP contribution is 2.15. The molecule has 0 spiro atoms. The van der Waals surface area contributed by atoms with Crippen LogP contribution in [0.1, 0.15) is 24.4 Å². The summed E-state index contributed by atoms with van der Waals surface area (Å²) in [5, 5.41) is 2.89. The Labute approximate surface area is 107 Å². The number of anilines is 1. The lowest BCUT2D eigenvalue weighted by Gasteiger charge is -2.15. The molecule has 4 heteroatoms. The van der Waals surface area contributed by atoms with E-state index in [0.717, 1.165) is 17.1 Å². The number of nitrogens with one attached hydrogen (secondary N) is 1. The van der Waals surface area contributed by atoms with Crippen molar-refractivity contribution in [2.24, 2.45) is 0 Å². The number of aryl methyl sites for hydroxylation is 1. The molecule has 0 bridgehead atoms. The zero-order valence-electron chi connectivity index (χ0n) is 10.8. The summed E-state index contributed by atoms with van der Waals surface area (Å²) in [7, 11) is 0. The van der Waals surface area contributed by atoms with Gasteiger partial charge in [0, 0.05) is 11.4 Å². The third kappa shape index (κ3) is 2.42. The van der Waals surface area contributed by atoms with Crippen LogP contribution in [-0.4, -0.2) is 15.5 Å². The number of imidazole rings is 1. The molecular formula is C14H17N3O. The van der Waals surface area contributed by atoms with Crippen LogP contribution in [0.15, 0.2) is 36.7 Å². The van der Waals surface area contributed by atoms with Gasteiger partial charge in [-0.15, -0.1) is 0 Å². The first-order chi connectivity index (χ1) is 8.59. The van der Waals surface area contributed by atoms with Crippen LogP contribution in [0.25, 0.3) is 0 Å². The monoisotopic (exact) mass is 243 g/mol.